The number of carbonyl (C=O) groups excluding carboxylic acids is 3. The highest BCUT2D eigenvalue weighted by Crippen LogP contribution is 2.31. The molecule has 0 unspecified atom stereocenters. The van der Waals surface area contributed by atoms with Crippen LogP contribution in [-0.4, -0.2) is 198 Å². The summed E-state index contributed by atoms with van der Waals surface area (Å²) in [6, 6.07) is 23.5. The van der Waals surface area contributed by atoms with Gasteiger partial charge in [-0.05, 0) is 89.1 Å². The number of carbonyl (C=O) groups is 3. The minimum atomic E-state index is -2.97. The van der Waals surface area contributed by atoms with Gasteiger partial charge in [-0.1, -0.05) is 48.5 Å². The van der Waals surface area contributed by atoms with Crippen LogP contribution in [0.2, 0.25) is 0 Å². The third kappa shape index (κ3) is 15.6. The van der Waals surface area contributed by atoms with E-state index in [9.17, 15) is 46.6 Å². The van der Waals surface area contributed by atoms with Gasteiger partial charge in [-0.2, -0.15) is 17.6 Å². The lowest BCUT2D eigenvalue weighted by Gasteiger charge is -2.40. The van der Waals surface area contributed by atoms with E-state index in [1.54, 1.807) is 135 Å². The molecule has 4 aliphatic rings. The number of alkyl halides is 4. The van der Waals surface area contributed by atoms with Crippen molar-refractivity contribution < 1.29 is 75.3 Å². The topological polar surface area (TPSA) is 275 Å². The van der Waals surface area contributed by atoms with Crippen molar-refractivity contribution in [3.05, 3.63) is 142 Å². The smallest absolute Gasteiger partial charge is 0.387 e. The number of aliphatic hydroxyl groups is 2. The third-order valence-corrected chi connectivity index (χ3v) is 16.9. The summed E-state index contributed by atoms with van der Waals surface area (Å²) >= 11 is 0. The maximum absolute atomic E-state index is 13.1. The van der Waals surface area contributed by atoms with Crippen molar-refractivity contribution in [3.8, 4) is 33.8 Å². The Labute approximate surface area is 548 Å². The minimum Gasteiger partial charge on any atom is -0.467 e. The van der Waals surface area contributed by atoms with Gasteiger partial charge in [0.25, 0.3) is 22.9 Å². The van der Waals surface area contributed by atoms with E-state index in [4.69, 9.17) is 28.8 Å². The molecular formula is C66H76F4N12O14. The molecule has 0 radical (unpaired) electrons. The van der Waals surface area contributed by atoms with Crippen LogP contribution in [0.1, 0.15) is 52.7 Å². The number of para-hydroxylation sites is 2. The maximum Gasteiger partial charge on any atom is 0.387 e. The average molecular weight is 1340 g/mol. The number of fused-ring (bicyclic) bond motifs is 2. The first kappa shape index (κ1) is 69.5. The first-order chi connectivity index (χ1) is 45.7. The number of aliphatic hydroxyl groups excluding tert-OH is 2. The summed E-state index contributed by atoms with van der Waals surface area (Å²) in [4.78, 5) is 87.8. The number of methoxy groups -OCH3 is 1. The quantitative estimate of drug-likeness (QED) is 0.0856. The van der Waals surface area contributed by atoms with Crippen LogP contribution in [0.4, 0.5) is 29.5 Å². The molecule has 8 aromatic rings. The summed E-state index contributed by atoms with van der Waals surface area (Å²) < 4.78 is 93.8. The molecule has 4 fully saturated rings. The van der Waals surface area contributed by atoms with Crippen LogP contribution in [0.3, 0.4) is 0 Å². The highest BCUT2D eigenvalue weighted by molar-refractivity contribution is 5.86. The van der Waals surface area contributed by atoms with Crippen molar-refractivity contribution in [3.63, 3.8) is 0 Å². The molecule has 0 saturated carbocycles. The number of esters is 1. The Morgan fingerprint density at radius 2 is 1.02 bits per heavy atom. The van der Waals surface area contributed by atoms with Crippen molar-refractivity contribution >= 4 is 51.5 Å². The molecule has 2 amide bonds. The Morgan fingerprint density at radius 3 is 1.41 bits per heavy atom. The maximum atomic E-state index is 13.1. The number of benzene rings is 4. The molecule has 96 heavy (non-hydrogen) atoms. The van der Waals surface area contributed by atoms with Gasteiger partial charge in [-0.3, -0.25) is 37.9 Å². The van der Waals surface area contributed by atoms with Gasteiger partial charge < -0.3 is 63.0 Å². The zero-order chi connectivity index (χ0) is 68.9. The van der Waals surface area contributed by atoms with Gasteiger partial charge in [0.2, 0.25) is 11.9 Å². The van der Waals surface area contributed by atoms with Gasteiger partial charge >= 0.3 is 19.2 Å². The lowest BCUT2D eigenvalue weighted by molar-refractivity contribution is -0.167. The van der Waals surface area contributed by atoms with Crippen molar-refractivity contribution in [1.29, 1.82) is 0 Å². The van der Waals surface area contributed by atoms with E-state index in [1.165, 1.54) is 28.6 Å². The number of halogens is 4. The van der Waals surface area contributed by atoms with E-state index in [2.05, 4.69) is 29.4 Å². The largest absolute Gasteiger partial charge is 0.467 e. The normalized spacial score (nSPS) is 19.5. The zero-order valence-electron chi connectivity index (χ0n) is 54.4. The molecule has 4 aromatic carbocycles. The number of nitrogens with zero attached hydrogens (tertiary/aromatic N) is 12. The fourth-order valence-electron chi connectivity index (χ4n) is 11.9. The number of hydrogen-bond donors (Lipinski definition) is 2. The van der Waals surface area contributed by atoms with E-state index < -0.39 is 55.6 Å². The number of aromatic nitrogens is 8. The van der Waals surface area contributed by atoms with Crippen LogP contribution in [0.5, 0.6) is 11.5 Å². The Bertz CT molecular complexity index is 4200. The zero-order valence-corrected chi connectivity index (χ0v) is 54.4. The number of hydrogen-bond acceptors (Lipinski definition) is 20. The first-order valence-electron chi connectivity index (χ1n) is 30.9. The number of piperazine rings is 2. The monoisotopic (exact) mass is 1340 g/mol. The summed E-state index contributed by atoms with van der Waals surface area (Å²) in [5.74, 6) is -1.22. The Morgan fingerprint density at radius 1 is 0.604 bits per heavy atom. The van der Waals surface area contributed by atoms with Crippen LogP contribution in [0, 0.1) is 0 Å². The SMILES string of the molecule is COC(=O)[C@H]1COC(C)(C)O1.C[C@@H]1CN(c2ncc(-c3ccc4c(=O)n(C)n(Cc5ccccc5OC(F)F)c4c3)cn2)CCN1C(=O)[C@H](O)CO.C[C@@H]1CN(c2ncc(-c3ccc4c(=O)n(C)n(Cc5ccccc5OC(F)F)c4c3)cn2)CCN1C(=O)[C@H]1COC(C)(C)O1. The van der Waals surface area contributed by atoms with E-state index in [-0.39, 0.29) is 72.9 Å². The van der Waals surface area contributed by atoms with Crippen molar-refractivity contribution in [1.82, 2.24) is 48.5 Å². The summed E-state index contributed by atoms with van der Waals surface area (Å²) in [5, 5.41) is 19.8. The predicted molar refractivity (Wildman–Crippen MR) is 342 cm³/mol. The van der Waals surface area contributed by atoms with Gasteiger partial charge in [-0.25, -0.2) is 24.7 Å². The molecule has 4 aliphatic heterocycles. The van der Waals surface area contributed by atoms with E-state index in [1.807, 2.05) is 46.7 Å². The standard InChI is InChI=1S/C31H34F2N6O5.C28H30F2N6O5.C7H12O4/c1-19-16-37(11-12-38(19)28(41)26-18-42-31(2,3)44-26)30-34-14-22(15-35-30)20-9-10-23-24(13-20)39(36(4)27(23)40)17-21-7-5-6-8-25(21)43-29(32)33;1-17-14-34(9-10-35(17)26(40)23(38)16-37)28-31-12-20(13-32-28)18-7-8-21-22(11-18)36(33(2)25(21)39)15-19-5-3-4-6-24(19)41-27(29)30;1-7(2)10-4-5(11-7)6(8)9-3/h5-10,13-15,19,26,29H,11-12,16-18H2,1-4H3;3-8,11-13,17,23,27,37-38H,9-10,14-16H2,1-2H3;5H,4H2,1-3H3/t19-,26-;17-,23-;5-/m111/s1. The van der Waals surface area contributed by atoms with Gasteiger partial charge in [0.1, 0.15) is 11.5 Å². The highest BCUT2D eigenvalue weighted by Gasteiger charge is 2.42. The molecule has 0 bridgehead atoms. The second-order valence-corrected chi connectivity index (χ2v) is 24.3. The van der Waals surface area contributed by atoms with Gasteiger partial charge in [0.15, 0.2) is 29.9 Å². The molecule has 8 heterocycles. The number of rotatable bonds is 16. The number of ether oxygens (including phenoxy) is 7. The lowest BCUT2D eigenvalue weighted by Crippen LogP contribution is -2.57. The molecule has 5 atom stereocenters. The molecule has 12 rings (SSSR count). The first-order valence-corrected chi connectivity index (χ1v) is 30.9. The van der Waals surface area contributed by atoms with Crippen molar-refractivity contribution in [2.24, 2.45) is 14.1 Å². The summed E-state index contributed by atoms with van der Waals surface area (Å²) in [7, 11) is 4.59. The number of amides is 2. The minimum absolute atomic E-state index is 0.0426. The average Bonchev–Trinajstić information content (AvgIpc) is 1.66. The van der Waals surface area contributed by atoms with Crippen LogP contribution in [0.25, 0.3) is 44.1 Å². The lowest BCUT2D eigenvalue weighted by atomic mass is 10.1. The second-order valence-electron chi connectivity index (χ2n) is 24.3. The van der Waals surface area contributed by atoms with Crippen LogP contribution >= 0.6 is 0 Å². The van der Waals surface area contributed by atoms with Gasteiger partial charge in [0.05, 0.1) is 61.8 Å². The second kappa shape index (κ2) is 29.3. The molecule has 30 heteroatoms. The van der Waals surface area contributed by atoms with Crippen LogP contribution < -0.4 is 30.4 Å². The molecule has 0 aliphatic carbocycles. The summed E-state index contributed by atoms with van der Waals surface area (Å²) in [5.41, 5.74) is 4.88. The Hall–Kier alpha value is -9.33. The molecule has 2 N–H and O–H groups in total. The van der Waals surface area contributed by atoms with Crippen LogP contribution in [-0.2, 0) is 65.3 Å². The summed E-state index contributed by atoms with van der Waals surface area (Å²) in [6.07, 6.45) is 4.22. The fourth-order valence-corrected chi connectivity index (χ4v) is 11.9. The third-order valence-electron chi connectivity index (χ3n) is 16.9. The molecular weight excluding hydrogens is 1260 g/mol. The van der Waals surface area contributed by atoms with Gasteiger partial charge in [-0.15, -0.1) is 0 Å². The Balaban J connectivity index is 0.000000180. The molecule has 4 saturated heterocycles. The summed E-state index contributed by atoms with van der Waals surface area (Å²) in [6.45, 7) is 8.17. The molecule has 26 nitrogen and oxygen atoms in total. The highest BCUT2D eigenvalue weighted by atomic mass is 19.3. The van der Waals surface area contributed by atoms with Gasteiger partial charge in [0, 0.05) is 112 Å². The molecule has 0 spiro atoms. The van der Waals surface area contributed by atoms with Crippen LogP contribution in [0.15, 0.2) is 119 Å². The van der Waals surface area contributed by atoms with E-state index in [0.29, 0.717) is 89.7 Å². The molecule has 512 valence electrons. The predicted octanol–water partition coefficient (Wildman–Crippen LogP) is 5.78. The Kier molecular flexibility index (Phi) is 21.2. The van der Waals surface area contributed by atoms with E-state index in [0.717, 1.165) is 16.7 Å². The number of anilines is 2. The van der Waals surface area contributed by atoms with Crippen molar-refractivity contribution in [2.45, 2.75) is 110 Å². The fraction of sp³-hybridized carbons (Fsp3) is 0.439. The van der Waals surface area contributed by atoms with E-state index >= 15 is 0 Å². The van der Waals surface area contributed by atoms with Crippen molar-refractivity contribution in [2.75, 3.05) is 76.0 Å². The molecule has 4 aromatic heterocycles.